The van der Waals surface area contributed by atoms with Gasteiger partial charge in [0, 0.05) is 42.0 Å². The van der Waals surface area contributed by atoms with E-state index in [1.807, 2.05) is 49.5 Å². The molecule has 2 N–H and O–H groups in total. The highest BCUT2D eigenvalue weighted by Gasteiger charge is 2.12. The van der Waals surface area contributed by atoms with Crippen molar-refractivity contribution in [1.82, 2.24) is 15.0 Å². The van der Waals surface area contributed by atoms with Crippen molar-refractivity contribution in [3.05, 3.63) is 66.6 Å². The first kappa shape index (κ1) is 15.8. The molecule has 1 aromatic carbocycles. The fraction of sp³-hybridized carbons (Fsp3) is 0.0500. The molecule has 6 nitrogen and oxygen atoms in total. The quantitative estimate of drug-likeness (QED) is 0.529. The summed E-state index contributed by atoms with van der Waals surface area (Å²) in [4.78, 5) is 22.5. The number of carbonyl (C=O) groups excluding carboxylic acids is 1. The molecule has 128 valence electrons. The Morgan fingerprint density at radius 3 is 2.73 bits per heavy atom. The van der Waals surface area contributed by atoms with Gasteiger partial charge in [0.25, 0.3) is 0 Å². The number of aromatic amines is 1. The van der Waals surface area contributed by atoms with E-state index in [0.717, 1.165) is 27.9 Å². The van der Waals surface area contributed by atoms with Crippen LogP contribution in [0.1, 0.15) is 5.56 Å². The summed E-state index contributed by atoms with van der Waals surface area (Å²) in [6, 6.07) is 13.2. The Morgan fingerprint density at radius 1 is 1.08 bits per heavy atom. The number of hydrogen-bond donors (Lipinski definition) is 2. The van der Waals surface area contributed by atoms with Crippen LogP contribution in [0.4, 0.5) is 5.69 Å². The van der Waals surface area contributed by atoms with Crippen molar-refractivity contribution >= 4 is 23.1 Å². The molecule has 0 atom stereocenters. The third-order valence-electron chi connectivity index (χ3n) is 4.10. The van der Waals surface area contributed by atoms with Gasteiger partial charge in [0.1, 0.15) is 17.1 Å². The van der Waals surface area contributed by atoms with Gasteiger partial charge in [-0.05, 0) is 36.8 Å². The number of amides is 1. The lowest BCUT2D eigenvalue weighted by atomic mass is 10.1. The summed E-state index contributed by atoms with van der Waals surface area (Å²) in [7, 11) is 0. The highest BCUT2D eigenvalue weighted by Crippen LogP contribution is 2.34. The maximum Gasteiger partial charge on any atom is 0.211 e. The summed E-state index contributed by atoms with van der Waals surface area (Å²) < 4.78 is 6.20. The summed E-state index contributed by atoms with van der Waals surface area (Å²) in [6.45, 7) is 1.96. The van der Waals surface area contributed by atoms with Crippen LogP contribution in [0.25, 0.3) is 22.3 Å². The minimum atomic E-state index is 0.646. The number of pyridine rings is 2. The fourth-order valence-corrected chi connectivity index (χ4v) is 2.75. The van der Waals surface area contributed by atoms with Crippen molar-refractivity contribution in [3.8, 4) is 22.8 Å². The molecule has 0 saturated heterocycles. The highest BCUT2D eigenvalue weighted by atomic mass is 16.5. The number of benzene rings is 1. The van der Waals surface area contributed by atoms with Gasteiger partial charge in [0.15, 0.2) is 0 Å². The topological polar surface area (TPSA) is 79.9 Å². The van der Waals surface area contributed by atoms with Crippen molar-refractivity contribution in [2.75, 3.05) is 5.32 Å². The van der Waals surface area contributed by atoms with Gasteiger partial charge >= 0.3 is 0 Å². The number of aromatic nitrogens is 3. The van der Waals surface area contributed by atoms with Crippen LogP contribution >= 0.6 is 0 Å². The Kier molecular flexibility index (Phi) is 4.07. The molecule has 3 aromatic heterocycles. The van der Waals surface area contributed by atoms with Crippen LogP contribution in [-0.4, -0.2) is 21.4 Å². The third kappa shape index (κ3) is 3.00. The summed E-state index contributed by atoms with van der Waals surface area (Å²) in [6.07, 6.45) is 5.94. The molecule has 1 amide bonds. The maximum atomic E-state index is 10.7. The van der Waals surface area contributed by atoms with E-state index in [0.29, 0.717) is 23.6 Å². The predicted molar refractivity (Wildman–Crippen MR) is 100 cm³/mol. The zero-order chi connectivity index (χ0) is 17.9. The van der Waals surface area contributed by atoms with Gasteiger partial charge in [0.05, 0.1) is 11.1 Å². The van der Waals surface area contributed by atoms with E-state index in [1.165, 1.54) is 0 Å². The van der Waals surface area contributed by atoms with E-state index in [2.05, 4.69) is 20.3 Å². The Balaban J connectivity index is 1.80. The number of rotatable bonds is 5. The smallest absolute Gasteiger partial charge is 0.211 e. The predicted octanol–water partition coefficient (Wildman–Crippen LogP) is 4.29. The third-order valence-corrected chi connectivity index (χ3v) is 4.10. The van der Waals surface area contributed by atoms with Crippen molar-refractivity contribution in [1.29, 1.82) is 0 Å². The molecule has 0 spiro atoms. The van der Waals surface area contributed by atoms with E-state index in [-0.39, 0.29) is 0 Å². The minimum absolute atomic E-state index is 0.646. The molecular formula is C20H16N4O2. The molecule has 6 heteroatoms. The van der Waals surface area contributed by atoms with E-state index in [9.17, 15) is 4.79 Å². The molecule has 0 fully saturated rings. The van der Waals surface area contributed by atoms with Crippen LogP contribution in [0.5, 0.6) is 11.5 Å². The first-order valence-electron chi connectivity index (χ1n) is 8.12. The maximum absolute atomic E-state index is 10.7. The molecule has 0 bridgehead atoms. The van der Waals surface area contributed by atoms with Gasteiger partial charge in [-0.2, -0.15) is 0 Å². The van der Waals surface area contributed by atoms with Crippen LogP contribution in [0.3, 0.4) is 0 Å². The molecule has 0 aliphatic rings. The van der Waals surface area contributed by atoms with E-state index >= 15 is 0 Å². The van der Waals surface area contributed by atoms with Gasteiger partial charge in [-0.15, -0.1) is 0 Å². The Labute approximate surface area is 149 Å². The molecule has 4 aromatic rings. The Bertz CT molecular complexity index is 1070. The first-order valence-corrected chi connectivity index (χ1v) is 8.12. The van der Waals surface area contributed by atoms with Crippen molar-refractivity contribution in [2.24, 2.45) is 0 Å². The van der Waals surface area contributed by atoms with Gasteiger partial charge in [0.2, 0.25) is 6.41 Å². The largest absolute Gasteiger partial charge is 0.456 e. The molecule has 0 unspecified atom stereocenters. The first-order chi connectivity index (χ1) is 12.7. The highest BCUT2D eigenvalue weighted by molar-refractivity contribution is 5.86. The SMILES string of the molecule is Cc1ccc(NC=O)cc1Oc1cc(-c2ccncc2)nc2[nH]ccc12. The fourth-order valence-electron chi connectivity index (χ4n) is 2.75. The Morgan fingerprint density at radius 2 is 1.92 bits per heavy atom. The number of aryl methyl sites for hydroxylation is 1. The molecule has 3 heterocycles. The summed E-state index contributed by atoms with van der Waals surface area (Å²) in [5.41, 5.74) is 4.13. The van der Waals surface area contributed by atoms with Crippen molar-refractivity contribution in [2.45, 2.75) is 6.92 Å². The zero-order valence-corrected chi connectivity index (χ0v) is 14.1. The van der Waals surface area contributed by atoms with E-state index in [1.54, 1.807) is 18.5 Å². The molecule has 0 saturated carbocycles. The van der Waals surface area contributed by atoms with Crippen LogP contribution in [0, 0.1) is 6.92 Å². The molecule has 4 rings (SSSR count). The number of nitrogens with one attached hydrogen (secondary N) is 2. The lowest BCUT2D eigenvalue weighted by Crippen LogP contribution is -1.96. The number of hydrogen-bond acceptors (Lipinski definition) is 4. The molecule has 26 heavy (non-hydrogen) atoms. The second-order valence-electron chi connectivity index (χ2n) is 5.83. The van der Waals surface area contributed by atoms with E-state index < -0.39 is 0 Å². The average Bonchev–Trinajstić information content (AvgIpc) is 3.14. The van der Waals surface area contributed by atoms with Gasteiger partial charge < -0.3 is 15.0 Å². The normalized spacial score (nSPS) is 10.7. The summed E-state index contributed by atoms with van der Waals surface area (Å²) in [5, 5.41) is 3.53. The second-order valence-corrected chi connectivity index (χ2v) is 5.83. The lowest BCUT2D eigenvalue weighted by molar-refractivity contribution is -0.105. The lowest BCUT2D eigenvalue weighted by Gasteiger charge is -2.12. The number of carbonyl (C=O) groups is 1. The summed E-state index contributed by atoms with van der Waals surface area (Å²) in [5.74, 6) is 1.36. The number of H-pyrrole nitrogens is 1. The number of fused-ring (bicyclic) bond motifs is 1. The number of ether oxygens (including phenoxy) is 1. The molecule has 0 aliphatic heterocycles. The van der Waals surface area contributed by atoms with Gasteiger partial charge in [-0.1, -0.05) is 6.07 Å². The van der Waals surface area contributed by atoms with Crippen molar-refractivity contribution in [3.63, 3.8) is 0 Å². The average molecular weight is 344 g/mol. The van der Waals surface area contributed by atoms with E-state index in [4.69, 9.17) is 4.74 Å². The van der Waals surface area contributed by atoms with Gasteiger partial charge in [-0.25, -0.2) is 4.98 Å². The summed E-state index contributed by atoms with van der Waals surface area (Å²) >= 11 is 0. The Hall–Kier alpha value is -3.67. The number of anilines is 1. The zero-order valence-electron chi connectivity index (χ0n) is 14.1. The molecular weight excluding hydrogens is 328 g/mol. The second kappa shape index (κ2) is 6.68. The van der Waals surface area contributed by atoms with Gasteiger partial charge in [-0.3, -0.25) is 9.78 Å². The van der Waals surface area contributed by atoms with Crippen molar-refractivity contribution < 1.29 is 9.53 Å². The minimum Gasteiger partial charge on any atom is -0.456 e. The number of nitrogens with zero attached hydrogens (tertiary/aromatic N) is 2. The van der Waals surface area contributed by atoms with Crippen LogP contribution in [-0.2, 0) is 4.79 Å². The van der Waals surface area contributed by atoms with Crippen LogP contribution in [0.15, 0.2) is 61.1 Å². The molecule has 0 radical (unpaired) electrons. The van der Waals surface area contributed by atoms with Crippen LogP contribution in [0.2, 0.25) is 0 Å². The molecule has 0 aliphatic carbocycles. The van der Waals surface area contributed by atoms with Crippen LogP contribution < -0.4 is 10.1 Å². The monoisotopic (exact) mass is 344 g/mol. The standard InChI is InChI=1S/C20H16N4O2/c1-13-2-3-15(23-12-25)10-18(13)26-19-11-17(14-4-7-21-8-5-14)24-20-16(19)6-9-22-20/h2-12H,1H3,(H,22,24)(H,23,25).